The Kier molecular flexibility index (Phi) is 5.18. The van der Waals surface area contributed by atoms with Gasteiger partial charge in [0, 0.05) is 6.42 Å². The minimum absolute atomic E-state index is 0.195. The zero-order valence-electron chi connectivity index (χ0n) is 11.5. The summed E-state index contributed by atoms with van der Waals surface area (Å²) in [6.07, 6.45) is 1.31. The van der Waals surface area contributed by atoms with Crippen LogP contribution < -0.4 is 9.47 Å². The van der Waals surface area contributed by atoms with Crippen molar-refractivity contribution < 1.29 is 14.3 Å². The van der Waals surface area contributed by atoms with Gasteiger partial charge in [-0.05, 0) is 49.7 Å². The fraction of sp³-hybridized carbons (Fsp3) is 0.235. The van der Waals surface area contributed by atoms with Gasteiger partial charge >= 0.3 is 0 Å². The monoisotopic (exact) mass is 270 g/mol. The summed E-state index contributed by atoms with van der Waals surface area (Å²) in [7, 11) is 0. The average molecular weight is 270 g/mol. The third-order valence-electron chi connectivity index (χ3n) is 2.74. The molecule has 0 saturated carbocycles. The number of hydrogen-bond acceptors (Lipinski definition) is 3. The summed E-state index contributed by atoms with van der Waals surface area (Å²) in [5, 5.41) is 0. The molecule has 0 heterocycles. The van der Waals surface area contributed by atoms with Gasteiger partial charge in [-0.25, -0.2) is 0 Å². The fourth-order valence-corrected chi connectivity index (χ4v) is 1.74. The maximum atomic E-state index is 10.8. The molecule has 0 amide bonds. The summed E-state index contributed by atoms with van der Waals surface area (Å²) in [5.74, 6) is 2.56. The maximum Gasteiger partial charge on any atom is 0.129 e. The minimum Gasteiger partial charge on any atom is -0.494 e. The lowest BCUT2D eigenvalue weighted by atomic mass is 10.2. The summed E-state index contributed by atoms with van der Waals surface area (Å²) < 4.78 is 11.2. The van der Waals surface area contributed by atoms with Crippen molar-refractivity contribution in [1.82, 2.24) is 0 Å². The Labute approximate surface area is 119 Å². The molecule has 0 bridgehead atoms. The number of para-hydroxylation sites is 1. The molecule has 0 fully saturated rings. The van der Waals surface area contributed by atoms with Crippen LogP contribution in [0.15, 0.2) is 54.6 Å². The maximum absolute atomic E-state index is 10.8. The molecule has 0 spiro atoms. The van der Waals surface area contributed by atoms with Crippen LogP contribution in [0.3, 0.4) is 0 Å². The lowest BCUT2D eigenvalue weighted by molar-refractivity contribution is -0.117. The lowest BCUT2D eigenvalue weighted by Gasteiger charge is -2.08. The zero-order valence-corrected chi connectivity index (χ0v) is 11.5. The van der Waals surface area contributed by atoms with Crippen molar-refractivity contribution in [3.8, 4) is 17.2 Å². The van der Waals surface area contributed by atoms with Crippen LogP contribution in [0.2, 0.25) is 0 Å². The van der Waals surface area contributed by atoms with Crippen LogP contribution in [0.4, 0.5) is 0 Å². The summed E-state index contributed by atoms with van der Waals surface area (Å²) >= 11 is 0. The van der Waals surface area contributed by atoms with E-state index in [2.05, 4.69) is 0 Å². The normalized spacial score (nSPS) is 10.1. The largest absolute Gasteiger partial charge is 0.494 e. The first-order valence-electron chi connectivity index (χ1n) is 6.69. The van der Waals surface area contributed by atoms with Crippen LogP contribution in [0.1, 0.15) is 19.8 Å². The van der Waals surface area contributed by atoms with Crippen molar-refractivity contribution in [1.29, 1.82) is 0 Å². The highest BCUT2D eigenvalue weighted by molar-refractivity contribution is 5.75. The van der Waals surface area contributed by atoms with Gasteiger partial charge in [0.25, 0.3) is 0 Å². The van der Waals surface area contributed by atoms with Crippen LogP contribution in [0.25, 0.3) is 0 Å². The number of ketones is 1. The molecule has 0 saturated heterocycles. The van der Waals surface area contributed by atoms with E-state index in [1.165, 1.54) is 0 Å². The Balaban J connectivity index is 1.82. The van der Waals surface area contributed by atoms with Crippen molar-refractivity contribution in [2.75, 3.05) is 6.61 Å². The molecular weight excluding hydrogens is 252 g/mol. The standard InChI is InChI=1S/C17H18O3/c1-14(18)6-5-13-19-15-9-11-17(12-10-15)20-16-7-3-2-4-8-16/h2-4,7-12H,5-6,13H2,1H3. The number of ether oxygens (including phenoxy) is 2. The molecule has 104 valence electrons. The van der Waals surface area contributed by atoms with E-state index in [-0.39, 0.29) is 5.78 Å². The average Bonchev–Trinajstić information content (AvgIpc) is 2.46. The molecule has 20 heavy (non-hydrogen) atoms. The first-order chi connectivity index (χ1) is 9.74. The Morgan fingerprint density at radius 1 is 0.900 bits per heavy atom. The zero-order chi connectivity index (χ0) is 14.2. The molecule has 0 aliphatic rings. The predicted octanol–water partition coefficient (Wildman–Crippen LogP) is 4.23. The Morgan fingerprint density at radius 2 is 1.50 bits per heavy atom. The van der Waals surface area contributed by atoms with E-state index in [4.69, 9.17) is 9.47 Å². The van der Waals surface area contributed by atoms with Crippen LogP contribution >= 0.6 is 0 Å². The smallest absolute Gasteiger partial charge is 0.129 e. The van der Waals surface area contributed by atoms with Crippen LogP contribution in [0, 0.1) is 0 Å². The Morgan fingerprint density at radius 3 is 2.15 bits per heavy atom. The molecule has 2 rings (SSSR count). The van der Waals surface area contributed by atoms with E-state index in [1.54, 1.807) is 6.92 Å². The molecule has 0 N–H and O–H groups in total. The first-order valence-corrected chi connectivity index (χ1v) is 6.69. The Bertz CT molecular complexity index is 532. The Hall–Kier alpha value is -2.29. The van der Waals surface area contributed by atoms with E-state index in [9.17, 15) is 4.79 Å². The van der Waals surface area contributed by atoms with Gasteiger partial charge in [-0.2, -0.15) is 0 Å². The van der Waals surface area contributed by atoms with Gasteiger partial charge in [0.05, 0.1) is 6.61 Å². The molecule has 0 atom stereocenters. The molecule has 2 aromatic carbocycles. The molecule has 0 unspecified atom stereocenters. The summed E-state index contributed by atoms with van der Waals surface area (Å²) in [6, 6.07) is 17.1. The summed E-state index contributed by atoms with van der Waals surface area (Å²) in [6.45, 7) is 2.15. The SMILES string of the molecule is CC(=O)CCCOc1ccc(Oc2ccccc2)cc1. The van der Waals surface area contributed by atoms with Gasteiger partial charge in [-0.3, -0.25) is 0 Å². The summed E-state index contributed by atoms with van der Waals surface area (Å²) in [4.78, 5) is 10.8. The third kappa shape index (κ3) is 4.76. The van der Waals surface area contributed by atoms with Gasteiger partial charge in [0.15, 0.2) is 0 Å². The van der Waals surface area contributed by atoms with Gasteiger partial charge in [0.1, 0.15) is 23.0 Å². The summed E-state index contributed by atoms with van der Waals surface area (Å²) in [5.41, 5.74) is 0. The van der Waals surface area contributed by atoms with Crippen molar-refractivity contribution in [3.05, 3.63) is 54.6 Å². The fourth-order valence-electron chi connectivity index (χ4n) is 1.74. The van der Waals surface area contributed by atoms with E-state index < -0.39 is 0 Å². The molecule has 2 aromatic rings. The van der Waals surface area contributed by atoms with Gasteiger partial charge in [-0.15, -0.1) is 0 Å². The van der Waals surface area contributed by atoms with E-state index in [1.807, 2.05) is 54.6 Å². The molecule has 0 radical (unpaired) electrons. The van der Waals surface area contributed by atoms with Gasteiger partial charge in [-0.1, -0.05) is 18.2 Å². The molecular formula is C17H18O3. The number of rotatable bonds is 7. The number of hydrogen-bond donors (Lipinski definition) is 0. The van der Waals surface area contributed by atoms with Crippen molar-refractivity contribution in [2.45, 2.75) is 19.8 Å². The molecule has 3 nitrogen and oxygen atoms in total. The number of Topliss-reactive ketones (excluding diaryl/α,β-unsaturated/α-hetero) is 1. The van der Waals surface area contributed by atoms with Crippen LogP contribution in [-0.2, 0) is 4.79 Å². The van der Waals surface area contributed by atoms with E-state index in [0.29, 0.717) is 13.0 Å². The highest BCUT2D eigenvalue weighted by Crippen LogP contribution is 2.23. The van der Waals surface area contributed by atoms with Crippen molar-refractivity contribution in [2.24, 2.45) is 0 Å². The highest BCUT2D eigenvalue weighted by Gasteiger charge is 1.99. The molecule has 0 aromatic heterocycles. The second-order valence-electron chi connectivity index (χ2n) is 4.54. The second-order valence-corrected chi connectivity index (χ2v) is 4.54. The molecule has 3 heteroatoms. The van der Waals surface area contributed by atoms with Gasteiger partial charge in [0.2, 0.25) is 0 Å². The number of benzene rings is 2. The third-order valence-corrected chi connectivity index (χ3v) is 2.74. The molecule has 0 aliphatic carbocycles. The van der Waals surface area contributed by atoms with Crippen LogP contribution in [-0.4, -0.2) is 12.4 Å². The van der Waals surface area contributed by atoms with Crippen molar-refractivity contribution >= 4 is 5.78 Å². The predicted molar refractivity (Wildman–Crippen MR) is 78.4 cm³/mol. The second kappa shape index (κ2) is 7.34. The van der Waals surface area contributed by atoms with E-state index >= 15 is 0 Å². The van der Waals surface area contributed by atoms with E-state index in [0.717, 1.165) is 23.7 Å². The van der Waals surface area contributed by atoms with Gasteiger partial charge < -0.3 is 14.3 Å². The first kappa shape index (κ1) is 14.1. The number of carbonyl (C=O) groups is 1. The lowest BCUT2D eigenvalue weighted by Crippen LogP contribution is -2.00. The van der Waals surface area contributed by atoms with Crippen LogP contribution in [0.5, 0.6) is 17.2 Å². The minimum atomic E-state index is 0.195. The highest BCUT2D eigenvalue weighted by atomic mass is 16.5. The number of carbonyl (C=O) groups excluding carboxylic acids is 1. The topological polar surface area (TPSA) is 35.5 Å². The quantitative estimate of drug-likeness (QED) is 0.706. The van der Waals surface area contributed by atoms with Crippen molar-refractivity contribution in [3.63, 3.8) is 0 Å². The molecule has 0 aliphatic heterocycles.